The van der Waals surface area contributed by atoms with E-state index in [2.05, 4.69) is 19.1 Å². The second-order valence-corrected chi connectivity index (χ2v) is 6.77. The van der Waals surface area contributed by atoms with E-state index in [-0.39, 0.29) is 0 Å². The molecule has 0 aliphatic heterocycles. The third-order valence-electron chi connectivity index (χ3n) is 4.73. The van der Waals surface area contributed by atoms with E-state index in [1.54, 1.807) is 0 Å². The quantitative estimate of drug-likeness (QED) is 0.434. The van der Waals surface area contributed by atoms with E-state index >= 15 is 0 Å². The first kappa shape index (κ1) is 18.0. The van der Waals surface area contributed by atoms with Crippen LogP contribution in [-0.4, -0.2) is 4.98 Å². The third kappa shape index (κ3) is 3.41. The van der Waals surface area contributed by atoms with Crippen LogP contribution in [0, 0.1) is 18.6 Å². The SMILES string of the molecule is Cc1ccccc1-c1c(-c2ccccc2)nc(-c2cc(F)cc(F)c2)c[n+]1C. The van der Waals surface area contributed by atoms with E-state index < -0.39 is 11.6 Å². The summed E-state index contributed by atoms with van der Waals surface area (Å²) in [7, 11) is 1.93. The fourth-order valence-corrected chi connectivity index (χ4v) is 3.41. The van der Waals surface area contributed by atoms with Gasteiger partial charge in [0.15, 0.2) is 6.20 Å². The lowest BCUT2D eigenvalue weighted by Gasteiger charge is -2.11. The first-order valence-corrected chi connectivity index (χ1v) is 9.01. The highest BCUT2D eigenvalue weighted by atomic mass is 19.1. The number of aryl methyl sites for hydroxylation is 2. The van der Waals surface area contributed by atoms with E-state index in [1.165, 1.54) is 12.1 Å². The van der Waals surface area contributed by atoms with Crippen LogP contribution in [-0.2, 0) is 7.05 Å². The van der Waals surface area contributed by atoms with Crippen LogP contribution in [0.5, 0.6) is 0 Å². The summed E-state index contributed by atoms with van der Waals surface area (Å²) >= 11 is 0. The molecule has 0 aliphatic carbocycles. The summed E-state index contributed by atoms with van der Waals surface area (Å²) in [5.41, 5.74) is 5.76. The van der Waals surface area contributed by atoms with Gasteiger partial charge in [0, 0.05) is 17.2 Å². The van der Waals surface area contributed by atoms with Crippen LogP contribution in [0.2, 0.25) is 0 Å². The van der Waals surface area contributed by atoms with E-state index in [1.807, 2.05) is 60.3 Å². The van der Waals surface area contributed by atoms with Crippen molar-refractivity contribution in [2.24, 2.45) is 7.05 Å². The molecule has 4 heteroatoms. The van der Waals surface area contributed by atoms with Gasteiger partial charge in [0.25, 0.3) is 0 Å². The molecular weight excluding hydrogens is 354 g/mol. The smallest absolute Gasteiger partial charge is 0.234 e. The molecule has 28 heavy (non-hydrogen) atoms. The van der Waals surface area contributed by atoms with Crippen molar-refractivity contribution in [3.8, 4) is 33.8 Å². The zero-order valence-electron chi connectivity index (χ0n) is 15.7. The molecule has 0 aliphatic rings. The van der Waals surface area contributed by atoms with Crippen molar-refractivity contribution in [3.63, 3.8) is 0 Å². The molecule has 0 saturated carbocycles. The van der Waals surface area contributed by atoms with E-state index in [0.717, 1.165) is 34.1 Å². The minimum Gasteiger partial charge on any atom is -0.234 e. The molecule has 0 spiro atoms. The van der Waals surface area contributed by atoms with Gasteiger partial charge in [0.1, 0.15) is 30.1 Å². The lowest BCUT2D eigenvalue weighted by atomic mass is 9.99. The molecule has 2 nitrogen and oxygen atoms in total. The Balaban J connectivity index is 2.01. The molecule has 1 aromatic heterocycles. The van der Waals surface area contributed by atoms with Crippen LogP contribution in [0.3, 0.4) is 0 Å². The van der Waals surface area contributed by atoms with Crippen molar-refractivity contribution in [1.82, 2.24) is 4.98 Å². The summed E-state index contributed by atoms with van der Waals surface area (Å²) in [6.07, 6.45) is 1.81. The minimum atomic E-state index is -0.622. The fraction of sp³-hybridized carbons (Fsp3) is 0.0833. The summed E-state index contributed by atoms with van der Waals surface area (Å²) in [5, 5.41) is 0. The largest absolute Gasteiger partial charge is 0.239 e. The highest BCUT2D eigenvalue weighted by Gasteiger charge is 2.23. The average Bonchev–Trinajstić information content (AvgIpc) is 2.68. The zero-order chi connectivity index (χ0) is 19.7. The number of rotatable bonds is 3. The van der Waals surface area contributed by atoms with E-state index in [0.29, 0.717) is 11.3 Å². The van der Waals surface area contributed by atoms with Gasteiger partial charge >= 0.3 is 0 Å². The van der Waals surface area contributed by atoms with Gasteiger partial charge in [-0.2, -0.15) is 4.57 Å². The number of aromatic nitrogens is 2. The van der Waals surface area contributed by atoms with Crippen LogP contribution >= 0.6 is 0 Å². The fourth-order valence-electron chi connectivity index (χ4n) is 3.41. The number of halogens is 2. The normalized spacial score (nSPS) is 10.9. The molecule has 0 fully saturated rings. The monoisotopic (exact) mass is 373 g/mol. The minimum absolute atomic E-state index is 0.404. The molecule has 0 amide bonds. The lowest BCUT2D eigenvalue weighted by Crippen LogP contribution is -2.32. The maximum absolute atomic E-state index is 13.8. The molecular formula is C24H19F2N2+. The van der Waals surface area contributed by atoms with Crippen LogP contribution < -0.4 is 4.57 Å². The summed E-state index contributed by atoms with van der Waals surface area (Å²) in [6.45, 7) is 2.06. The van der Waals surface area contributed by atoms with Gasteiger partial charge < -0.3 is 0 Å². The van der Waals surface area contributed by atoms with Gasteiger partial charge in [-0.15, -0.1) is 0 Å². The lowest BCUT2D eigenvalue weighted by molar-refractivity contribution is -0.659. The van der Waals surface area contributed by atoms with Crippen LogP contribution in [0.4, 0.5) is 8.78 Å². The third-order valence-corrected chi connectivity index (χ3v) is 4.73. The van der Waals surface area contributed by atoms with Crippen LogP contribution in [0.25, 0.3) is 33.8 Å². The highest BCUT2D eigenvalue weighted by Crippen LogP contribution is 2.31. The Kier molecular flexibility index (Phi) is 4.70. The summed E-state index contributed by atoms with van der Waals surface area (Å²) in [4.78, 5) is 4.82. The van der Waals surface area contributed by atoms with Crippen molar-refractivity contribution >= 4 is 0 Å². The molecule has 4 rings (SSSR count). The molecule has 1 heterocycles. The van der Waals surface area contributed by atoms with Gasteiger partial charge in [-0.05, 0) is 30.7 Å². The number of hydrogen-bond acceptors (Lipinski definition) is 1. The van der Waals surface area contributed by atoms with Crippen molar-refractivity contribution in [3.05, 3.63) is 96.2 Å². The molecule has 138 valence electrons. The second kappa shape index (κ2) is 7.31. The van der Waals surface area contributed by atoms with Gasteiger partial charge in [0.2, 0.25) is 5.69 Å². The molecule has 0 saturated heterocycles. The van der Waals surface area contributed by atoms with Crippen molar-refractivity contribution in [1.29, 1.82) is 0 Å². The van der Waals surface area contributed by atoms with Crippen molar-refractivity contribution < 1.29 is 13.3 Å². The molecule has 0 radical (unpaired) electrons. The van der Waals surface area contributed by atoms with Gasteiger partial charge in [0.05, 0.1) is 5.56 Å². The molecule has 0 unspecified atom stereocenters. The predicted molar refractivity (Wildman–Crippen MR) is 106 cm³/mol. The van der Waals surface area contributed by atoms with Gasteiger partial charge in [-0.1, -0.05) is 48.5 Å². The van der Waals surface area contributed by atoms with Crippen LogP contribution in [0.15, 0.2) is 79.0 Å². The Bertz CT molecular complexity index is 1130. The molecule has 4 aromatic rings. The summed E-state index contributed by atoms with van der Waals surface area (Å²) in [6, 6.07) is 21.4. The van der Waals surface area contributed by atoms with Crippen molar-refractivity contribution in [2.75, 3.05) is 0 Å². The van der Waals surface area contributed by atoms with Crippen molar-refractivity contribution in [2.45, 2.75) is 6.92 Å². The topological polar surface area (TPSA) is 16.8 Å². The Hall–Kier alpha value is -3.40. The van der Waals surface area contributed by atoms with E-state index in [9.17, 15) is 8.78 Å². The highest BCUT2D eigenvalue weighted by molar-refractivity contribution is 5.78. The standard InChI is InChI=1S/C24H19F2N2/c1-16-8-6-7-11-21(16)24-23(17-9-4-3-5-10-17)27-22(15-28(24)2)18-12-19(25)14-20(26)13-18/h3-15H,1-2H3/q+1. The molecule has 3 aromatic carbocycles. The van der Waals surface area contributed by atoms with Crippen LogP contribution in [0.1, 0.15) is 5.56 Å². The summed E-state index contributed by atoms with van der Waals surface area (Å²) < 4.78 is 29.5. The number of hydrogen-bond donors (Lipinski definition) is 0. The maximum atomic E-state index is 13.8. The summed E-state index contributed by atoms with van der Waals surface area (Å²) in [5.74, 6) is -1.24. The molecule has 0 N–H and O–H groups in total. The Labute approximate surface area is 162 Å². The predicted octanol–water partition coefficient (Wildman–Crippen LogP) is 5.49. The zero-order valence-corrected chi connectivity index (χ0v) is 15.7. The molecule has 0 atom stereocenters. The molecule has 0 bridgehead atoms. The van der Waals surface area contributed by atoms with E-state index in [4.69, 9.17) is 4.98 Å². The number of benzene rings is 3. The second-order valence-electron chi connectivity index (χ2n) is 6.77. The first-order valence-electron chi connectivity index (χ1n) is 9.01. The first-order chi connectivity index (χ1) is 13.5. The number of nitrogens with zero attached hydrogens (tertiary/aromatic N) is 2. The Morgan fingerprint density at radius 3 is 2.11 bits per heavy atom. The van der Waals surface area contributed by atoms with Gasteiger partial charge in [-0.3, -0.25) is 0 Å². The Morgan fingerprint density at radius 2 is 1.43 bits per heavy atom. The van der Waals surface area contributed by atoms with Gasteiger partial charge in [-0.25, -0.2) is 13.8 Å². The maximum Gasteiger partial charge on any atom is 0.239 e. The Morgan fingerprint density at radius 1 is 0.786 bits per heavy atom. The average molecular weight is 373 g/mol.